The molecule has 4 nitrogen and oxygen atoms in total. The maximum absolute atomic E-state index is 8.88. The molecule has 0 unspecified atom stereocenters. The van der Waals surface area contributed by atoms with E-state index in [0.29, 0.717) is 0 Å². The normalized spacial score (nSPS) is 9.91. The lowest BCUT2D eigenvalue weighted by atomic mass is 10.2. The summed E-state index contributed by atoms with van der Waals surface area (Å²) in [5.41, 5.74) is 1.29. The predicted molar refractivity (Wildman–Crippen MR) is 44.0 cm³/mol. The van der Waals surface area contributed by atoms with E-state index in [0.717, 1.165) is 0 Å². The molecule has 0 radical (unpaired) electrons. The molecule has 0 bridgehead atoms. The zero-order valence-electron chi connectivity index (χ0n) is 6.82. The zero-order valence-corrected chi connectivity index (χ0v) is 7.71. The molecule has 0 amide bonds. The van der Waals surface area contributed by atoms with Crippen LogP contribution in [0.2, 0.25) is 0 Å². The second kappa shape index (κ2) is 6.55. The molecule has 0 aromatic rings. The average Bonchev–Trinajstić information content (AvgIpc) is 1.58. The van der Waals surface area contributed by atoms with Gasteiger partial charge in [-0.25, -0.2) is 4.57 Å². The van der Waals surface area contributed by atoms with Crippen LogP contribution in [0.15, 0.2) is 12.2 Å². The van der Waals surface area contributed by atoms with Crippen LogP contribution in [-0.4, -0.2) is 14.7 Å². The fraction of sp³-hybridized carbons (Fsp3) is 0.667. The third-order valence-corrected chi connectivity index (χ3v) is 0.677. The van der Waals surface area contributed by atoms with Crippen LogP contribution in [0.5, 0.6) is 0 Å². The second-order valence-electron chi connectivity index (χ2n) is 2.22. The minimum absolute atomic E-state index is 1.18. The van der Waals surface area contributed by atoms with Crippen LogP contribution in [0.4, 0.5) is 0 Å². The summed E-state index contributed by atoms with van der Waals surface area (Å²) in [5, 5.41) is 0. The van der Waals surface area contributed by atoms with Crippen molar-refractivity contribution in [2.24, 2.45) is 0 Å². The van der Waals surface area contributed by atoms with E-state index < -0.39 is 7.82 Å². The number of rotatable bonds is 2. The molecular weight excluding hydrogens is 167 g/mol. The first-order valence-corrected chi connectivity index (χ1v) is 4.76. The summed E-state index contributed by atoms with van der Waals surface area (Å²) >= 11 is 0. The molecule has 0 saturated carbocycles. The summed E-state index contributed by atoms with van der Waals surface area (Å²) < 4.78 is 8.88. The van der Waals surface area contributed by atoms with Gasteiger partial charge in [0.25, 0.3) is 0 Å². The van der Waals surface area contributed by atoms with Crippen molar-refractivity contribution in [2.45, 2.75) is 26.7 Å². The van der Waals surface area contributed by atoms with Crippen LogP contribution in [0, 0.1) is 0 Å². The highest BCUT2D eigenvalue weighted by atomic mass is 31.2. The molecule has 5 heteroatoms. The van der Waals surface area contributed by atoms with E-state index in [1.165, 1.54) is 18.4 Å². The summed E-state index contributed by atoms with van der Waals surface area (Å²) in [6.07, 6.45) is 2.41. The van der Waals surface area contributed by atoms with Crippen molar-refractivity contribution >= 4 is 7.82 Å². The molecular formula is C6H15O4P. The molecule has 68 valence electrons. The van der Waals surface area contributed by atoms with Gasteiger partial charge in [0, 0.05) is 0 Å². The maximum Gasteiger partial charge on any atom is 0.466 e. The molecule has 0 saturated heterocycles. The molecule has 0 atom stereocenters. The number of phosphoric acid groups is 1. The highest BCUT2D eigenvalue weighted by Crippen LogP contribution is 2.25. The van der Waals surface area contributed by atoms with Crippen molar-refractivity contribution < 1.29 is 19.2 Å². The fourth-order valence-corrected chi connectivity index (χ4v) is 0.427. The monoisotopic (exact) mass is 182 g/mol. The summed E-state index contributed by atoms with van der Waals surface area (Å²) in [6, 6.07) is 0. The Labute approximate surface area is 66.8 Å². The van der Waals surface area contributed by atoms with E-state index >= 15 is 0 Å². The van der Waals surface area contributed by atoms with E-state index in [4.69, 9.17) is 19.2 Å². The van der Waals surface area contributed by atoms with Gasteiger partial charge in [0.05, 0.1) is 0 Å². The Morgan fingerprint density at radius 1 is 1.45 bits per heavy atom. The minimum atomic E-state index is -4.64. The Balaban J connectivity index is 0. The average molecular weight is 182 g/mol. The number of hydrogen-bond acceptors (Lipinski definition) is 1. The van der Waals surface area contributed by atoms with Crippen LogP contribution < -0.4 is 0 Å². The first-order valence-electron chi connectivity index (χ1n) is 3.20. The Kier molecular flexibility index (Phi) is 8.01. The highest BCUT2D eigenvalue weighted by Gasteiger charge is 2.00. The lowest BCUT2D eigenvalue weighted by Crippen LogP contribution is -1.66. The van der Waals surface area contributed by atoms with Gasteiger partial charge in [-0.1, -0.05) is 18.9 Å². The van der Waals surface area contributed by atoms with Gasteiger partial charge in [0.15, 0.2) is 0 Å². The summed E-state index contributed by atoms with van der Waals surface area (Å²) in [5.74, 6) is 0. The van der Waals surface area contributed by atoms with Crippen molar-refractivity contribution in [3.05, 3.63) is 12.2 Å². The Hall–Kier alpha value is -0.150. The molecule has 0 spiro atoms. The summed E-state index contributed by atoms with van der Waals surface area (Å²) in [7, 11) is -4.64. The van der Waals surface area contributed by atoms with Gasteiger partial charge in [0.2, 0.25) is 0 Å². The van der Waals surface area contributed by atoms with Crippen LogP contribution in [0.3, 0.4) is 0 Å². The van der Waals surface area contributed by atoms with Crippen LogP contribution >= 0.6 is 7.82 Å². The van der Waals surface area contributed by atoms with E-state index in [-0.39, 0.29) is 0 Å². The van der Waals surface area contributed by atoms with Crippen molar-refractivity contribution in [2.75, 3.05) is 0 Å². The lowest BCUT2D eigenvalue weighted by Gasteiger charge is -1.87. The van der Waals surface area contributed by atoms with Crippen molar-refractivity contribution in [1.29, 1.82) is 0 Å². The van der Waals surface area contributed by atoms with Crippen LogP contribution in [0.1, 0.15) is 26.7 Å². The topological polar surface area (TPSA) is 77.8 Å². The zero-order chi connectivity index (χ0) is 9.49. The quantitative estimate of drug-likeness (QED) is 0.446. The second-order valence-corrected chi connectivity index (χ2v) is 3.25. The van der Waals surface area contributed by atoms with Gasteiger partial charge in [-0.15, -0.1) is 6.58 Å². The van der Waals surface area contributed by atoms with Crippen molar-refractivity contribution in [3.8, 4) is 0 Å². The Morgan fingerprint density at radius 2 is 1.73 bits per heavy atom. The molecule has 0 aliphatic carbocycles. The molecule has 3 N–H and O–H groups in total. The van der Waals surface area contributed by atoms with E-state index in [2.05, 4.69) is 20.4 Å². The molecule has 0 aromatic heterocycles. The minimum Gasteiger partial charge on any atom is -0.303 e. The van der Waals surface area contributed by atoms with Gasteiger partial charge in [-0.3, -0.25) is 0 Å². The molecule has 0 aliphatic heterocycles. The van der Waals surface area contributed by atoms with Crippen LogP contribution in [-0.2, 0) is 4.57 Å². The molecule has 11 heavy (non-hydrogen) atoms. The number of hydrogen-bond donors (Lipinski definition) is 3. The third kappa shape index (κ3) is 74.7. The SMILES string of the molecule is C=C(C)CCC.O=P(O)(O)O. The Bertz CT molecular complexity index is 140. The predicted octanol–water partition coefficient (Wildman–Crippen LogP) is 1.43. The summed E-state index contributed by atoms with van der Waals surface area (Å²) in [4.78, 5) is 21.6. The first kappa shape index (κ1) is 13.4. The Morgan fingerprint density at radius 3 is 1.73 bits per heavy atom. The molecule has 0 fully saturated rings. The summed E-state index contributed by atoms with van der Waals surface area (Å²) in [6.45, 7) is 7.97. The third-order valence-electron chi connectivity index (χ3n) is 0.677. The standard InChI is InChI=1S/C6H12.H3O4P/c1-4-5-6(2)3;1-5(2,3)4/h2,4-5H2,1,3H3;(H3,1,2,3,4). The van der Waals surface area contributed by atoms with Crippen molar-refractivity contribution in [1.82, 2.24) is 0 Å². The van der Waals surface area contributed by atoms with Gasteiger partial charge < -0.3 is 14.7 Å². The molecule has 0 rings (SSSR count). The molecule has 0 heterocycles. The van der Waals surface area contributed by atoms with E-state index in [1.807, 2.05) is 0 Å². The van der Waals surface area contributed by atoms with E-state index in [9.17, 15) is 0 Å². The van der Waals surface area contributed by atoms with E-state index in [1.54, 1.807) is 0 Å². The lowest BCUT2D eigenvalue weighted by molar-refractivity contribution is 0.275. The molecule has 0 aliphatic rings. The number of allylic oxidation sites excluding steroid dienone is 1. The smallest absolute Gasteiger partial charge is 0.303 e. The first-order chi connectivity index (χ1) is 4.77. The van der Waals surface area contributed by atoms with Crippen LogP contribution in [0.25, 0.3) is 0 Å². The largest absolute Gasteiger partial charge is 0.466 e. The van der Waals surface area contributed by atoms with Gasteiger partial charge >= 0.3 is 7.82 Å². The van der Waals surface area contributed by atoms with Gasteiger partial charge in [-0.05, 0) is 13.3 Å². The molecule has 0 aromatic carbocycles. The maximum atomic E-state index is 8.88. The van der Waals surface area contributed by atoms with Crippen molar-refractivity contribution in [3.63, 3.8) is 0 Å². The highest BCUT2D eigenvalue weighted by molar-refractivity contribution is 7.45. The fourth-order valence-electron chi connectivity index (χ4n) is 0.427. The van der Waals surface area contributed by atoms with Gasteiger partial charge in [-0.2, -0.15) is 0 Å². The van der Waals surface area contributed by atoms with Gasteiger partial charge in [0.1, 0.15) is 0 Å².